The van der Waals surface area contributed by atoms with E-state index in [4.69, 9.17) is 0 Å². The van der Waals surface area contributed by atoms with E-state index >= 15 is 0 Å². The van der Waals surface area contributed by atoms with E-state index in [-0.39, 0.29) is 21.9 Å². The Balaban J connectivity index is 0.000000659. The monoisotopic (exact) mass is 682 g/mol. The van der Waals surface area contributed by atoms with Gasteiger partial charge in [0.1, 0.15) is 6.15 Å². The summed E-state index contributed by atoms with van der Waals surface area (Å²) in [5.74, 6) is 0. The van der Waals surface area contributed by atoms with Crippen LogP contribution in [0.25, 0.3) is 0 Å². The van der Waals surface area contributed by atoms with Crippen molar-refractivity contribution in [1.29, 1.82) is 0 Å². The van der Waals surface area contributed by atoms with Crippen molar-refractivity contribution >= 4 is 28.0 Å². The molecule has 0 unspecified atom stereocenters. The summed E-state index contributed by atoms with van der Waals surface area (Å²) in [5.41, 5.74) is -4.29. The van der Waals surface area contributed by atoms with Gasteiger partial charge in [-0.15, -0.1) is 0 Å². The molecule has 0 aliphatic rings. The van der Waals surface area contributed by atoms with E-state index in [2.05, 4.69) is 0 Å². The fourth-order valence-electron chi connectivity index (χ4n) is 5.45. The molecule has 5 aromatic carbocycles. The van der Waals surface area contributed by atoms with Gasteiger partial charge in [0.15, 0.2) is 0 Å². The van der Waals surface area contributed by atoms with Crippen molar-refractivity contribution in [2.45, 2.75) is 24.7 Å². The number of benzene rings is 4. The summed E-state index contributed by atoms with van der Waals surface area (Å²) in [6.07, 6.45) is -22.0. The SMILES string of the molecule is FC(F)(F)c1ccc([B-](c2ccc(C(F)(F)F)cc2)(c2ccc(C(F)(F)F)cc2)c2ccc(C(F)(F)F)cc2)cc1.c1ccc[cH+]cc1. The second-order valence-corrected chi connectivity index (χ2v) is 10.7. The van der Waals surface area contributed by atoms with E-state index in [1.165, 1.54) is 0 Å². The van der Waals surface area contributed by atoms with Gasteiger partial charge in [0.25, 0.3) is 0 Å². The van der Waals surface area contributed by atoms with Crippen molar-refractivity contribution in [1.82, 2.24) is 0 Å². The Labute approximate surface area is 267 Å². The second-order valence-electron chi connectivity index (χ2n) is 10.7. The molecular formula is C35H23BF12. The van der Waals surface area contributed by atoms with Crippen LogP contribution in [0, 0.1) is 0 Å². The highest BCUT2D eigenvalue weighted by molar-refractivity contribution is 7.19. The summed E-state index contributed by atoms with van der Waals surface area (Å²) >= 11 is 0. The number of halogens is 12. The van der Waals surface area contributed by atoms with E-state index in [9.17, 15) is 52.7 Å². The average molecular weight is 682 g/mol. The maximum Gasteiger partial charge on any atom is 0.416 e. The van der Waals surface area contributed by atoms with Gasteiger partial charge in [-0.3, -0.25) is 0 Å². The number of alkyl halides is 12. The lowest BCUT2D eigenvalue weighted by atomic mass is 9.13. The lowest BCUT2D eigenvalue weighted by Gasteiger charge is -2.44. The van der Waals surface area contributed by atoms with Crippen LogP contribution in [0.4, 0.5) is 52.7 Å². The van der Waals surface area contributed by atoms with E-state index in [1.807, 2.05) is 42.5 Å². The molecule has 0 spiro atoms. The molecule has 5 rings (SSSR count). The van der Waals surface area contributed by atoms with E-state index in [1.54, 1.807) is 0 Å². The number of hydrogen-bond acceptors (Lipinski definition) is 0. The fraction of sp³-hybridized carbons (Fsp3) is 0.114. The van der Waals surface area contributed by atoms with E-state index in [0.717, 1.165) is 48.5 Å². The molecule has 0 nitrogen and oxygen atoms in total. The van der Waals surface area contributed by atoms with Gasteiger partial charge in [-0.25, -0.2) is 0 Å². The Kier molecular flexibility index (Phi) is 10.3. The zero-order valence-electron chi connectivity index (χ0n) is 24.4. The van der Waals surface area contributed by atoms with Crippen LogP contribution < -0.4 is 21.9 Å². The smallest absolute Gasteiger partial charge is 0.195 e. The summed E-state index contributed by atoms with van der Waals surface area (Å²) in [7, 11) is 0. The van der Waals surface area contributed by atoms with Gasteiger partial charge in [0, 0.05) is 42.5 Å². The molecule has 0 aliphatic heterocycles. The molecule has 0 fully saturated rings. The molecule has 0 atom stereocenters. The third kappa shape index (κ3) is 8.18. The van der Waals surface area contributed by atoms with Crippen molar-refractivity contribution in [2.75, 3.05) is 0 Å². The molecule has 0 bridgehead atoms. The third-order valence-corrected chi connectivity index (χ3v) is 7.73. The molecule has 0 amide bonds. The lowest BCUT2D eigenvalue weighted by molar-refractivity contribution is -0.138. The number of rotatable bonds is 4. The Hall–Kier alpha value is -4.81. The zero-order valence-corrected chi connectivity index (χ0v) is 24.4. The van der Waals surface area contributed by atoms with E-state index < -0.39 is 53.1 Å². The lowest BCUT2D eigenvalue weighted by Crippen LogP contribution is -2.74. The van der Waals surface area contributed by atoms with Gasteiger partial charge in [0.2, 0.25) is 0 Å². The maximum absolute atomic E-state index is 13.3. The maximum atomic E-state index is 13.3. The highest BCUT2D eigenvalue weighted by Gasteiger charge is 2.38. The average Bonchev–Trinajstić information content (AvgIpc) is 3.35. The molecule has 0 heterocycles. The Morgan fingerprint density at radius 1 is 0.312 bits per heavy atom. The summed E-state index contributed by atoms with van der Waals surface area (Å²) in [6.45, 7) is 0. The first-order valence-corrected chi connectivity index (χ1v) is 14.0. The van der Waals surface area contributed by atoms with Crippen LogP contribution in [-0.4, -0.2) is 6.15 Å². The largest absolute Gasteiger partial charge is 0.416 e. The van der Waals surface area contributed by atoms with Gasteiger partial charge in [0.05, 0.1) is 22.3 Å². The zero-order chi connectivity index (χ0) is 35.4. The molecule has 0 saturated heterocycles. The summed E-state index contributed by atoms with van der Waals surface area (Å²) in [4.78, 5) is 0. The molecular weight excluding hydrogens is 659 g/mol. The van der Waals surface area contributed by atoms with Crippen LogP contribution in [0.3, 0.4) is 0 Å². The van der Waals surface area contributed by atoms with Crippen LogP contribution in [0.15, 0.2) is 140 Å². The second kappa shape index (κ2) is 13.7. The molecule has 0 N–H and O–H groups in total. The van der Waals surface area contributed by atoms with Gasteiger partial charge < -0.3 is 0 Å². The highest BCUT2D eigenvalue weighted by atomic mass is 19.4. The van der Waals surface area contributed by atoms with Gasteiger partial charge in [-0.1, -0.05) is 97.1 Å². The standard InChI is InChI=1S/C28H16BF12.C7H7/c30-25(31,32)17-1-9-21(10-2-17)29(22-11-3-18(4-12-22)26(33,34)35,23-13-5-19(6-14-23)27(36,37)38)24-15-7-20(8-16-24)28(39,40)41;1-2-4-6-7-5-3-1/h1-16H;1-7H/q-1;+1. The normalized spacial score (nSPS) is 12.6. The molecule has 5 aromatic rings. The topological polar surface area (TPSA) is 0 Å². The molecule has 0 aliphatic carbocycles. The van der Waals surface area contributed by atoms with Crippen LogP contribution in [0.2, 0.25) is 0 Å². The van der Waals surface area contributed by atoms with Crippen molar-refractivity contribution in [3.8, 4) is 0 Å². The summed E-state index contributed by atoms with van der Waals surface area (Å²) < 4.78 is 160. The van der Waals surface area contributed by atoms with Gasteiger partial charge in [-0.05, 0) is 0 Å². The molecule has 13 heteroatoms. The predicted octanol–water partition coefficient (Wildman–Crippen LogP) is 9.11. The summed E-state index contributed by atoms with van der Waals surface area (Å²) in [5, 5.41) is 0. The third-order valence-electron chi connectivity index (χ3n) is 7.73. The van der Waals surface area contributed by atoms with Crippen LogP contribution >= 0.6 is 0 Å². The van der Waals surface area contributed by atoms with Crippen molar-refractivity contribution < 1.29 is 52.7 Å². The predicted molar refractivity (Wildman–Crippen MR) is 161 cm³/mol. The minimum Gasteiger partial charge on any atom is -0.195 e. The summed E-state index contributed by atoms with van der Waals surface area (Å²) in [6, 6.07) is 27.6. The van der Waals surface area contributed by atoms with E-state index in [0.29, 0.717) is 48.5 Å². The Morgan fingerprint density at radius 2 is 0.521 bits per heavy atom. The van der Waals surface area contributed by atoms with Crippen LogP contribution in [0.5, 0.6) is 0 Å². The van der Waals surface area contributed by atoms with Crippen molar-refractivity contribution in [3.05, 3.63) is 162 Å². The quantitative estimate of drug-likeness (QED) is 0.101. The Morgan fingerprint density at radius 3 is 0.708 bits per heavy atom. The van der Waals surface area contributed by atoms with Crippen LogP contribution in [0.1, 0.15) is 22.3 Å². The van der Waals surface area contributed by atoms with Gasteiger partial charge in [-0.2, -0.15) is 74.5 Å². The molecule has 0 saturated carbocycles. The fourth-order valence-corrected chi connectivity index (χ4v) is 5.45. The first-order chi connectivity index (χ1) is 22.3. The minimum absolute atomic E-state index is 0.0114. The first-order valence-electron chi connectivity index (χ1n) is 14.0. The number of hydrogen-bond donors (Lipinski definition) is 0. The molecule has 250 valence electrons. The molecule has 0 aromatic heterocycles. The minimum atomic E-state index is -4.77. The first kappa shape index (κ1) is 36.0. The van der Waals surface area contributed by atoms with Crippen LogP contribution in [-0.2, 0) is 24.7 Å². The highest BCUT2D eigenvalue weighted by Crippen LogP contribution is 2.32. The molecule has 0 radical (unpaired) electrons. The molecule has 48 heavy (non-hydrogen) atoms. The van der Waals surface area contributed by atoms with Crippen molar-refractivity contribution in [3.63, 3.8) is 0 Å². The Bertz CT molecular complexity index is 1490. The van der Waals surface area contributed by atoms with Gasteiger partial charge >= 0.3 is 24.7 Å². The van der Waals surface area contributed by atoms with Crippen molar-refractivity contribution in [2.24, 2.45) is 0 Å².